The van der Waals surface area contributed by atoms with Gasteiger partial charge < -0.3 is 15.0 Å². The summed E-state index contributed by atoms with van der Waals surface area (Å²) in [5.41, 5.74) is 1.78. The number of ether oxygens (including phenoxy) is 1. The largest absolute Gasteiger partial charge is 0.494 e. The molecule has 242 valence electrons. The van der Waals surface area contributed by atoms with E-state index in [1.54, 1.807) is 54.6 Å². The van der Waals surface area contributed by atoms with Gasteiger partial charge in [0.05, 0.1) is 17.2 Å². The lowest BCUT2D eigenvalue weighted by molar-refractivity contribution is -0.140. The van der Waals surface area contributed by atoms with E-state index in [0.717, 1.165) is 42.0 Å². The summed E-state index contributed by atoms with van der Waals surface area (Å²) in [6.45, 7) is 5.47. The Morgan fingerprint density at radius 2 is 1.62 bits per heavy atom. The predicted molar refractivity (Wildman–Crippen MR) is 179 cm³/mol. The van der Waals surface area contributed by atoms with Crippen molar-refractivity contribution in [2.24, 2.45) is 0 Å². The van der Waals surface area contributed by atoms with Crippen LogP contribution in [0.2, 0.25) is 10.0 Å². The van der Waals surface area contributed by atoms with Crippen molar-refractivity contribution < 1.29 is 22.7 Å². The Labute approximate surface area is 276 Å². The van der Waals surface area contributed by atoms with Gasteiger partial charge in [-0.1, -0.05) is 73.2 Å². The molecule has 1 fully saturated rings. The first-order valence-corrected chi connectivity index (χ1v) is 17.6. The summed E-state index contributed by atoms with van der Waals surface area (Å²) in [5.74, 6) is -0.238. The van der Waals surface area contributed by atoms with Crippen molar-refractivity contribution in [3.05, 3.63) is 87.9 Å². The van der Waals surface area contributed by atoms with E-state index >= 15 is 0 Å². The van der Waals surface area contributed by atoms with Crippen LogP contribution in [-0.4, -0.2) is 50.4 Å². The molecule has 0 aliphatic heterocycles. The third kappa shape index (κ3) is 8.93. The summed E-state index contributed by atoms with van der Waals surface area (Å²) in [4.78, 5) is 29.5. The van der Waals surface area contributed by atoms with Crippen LogP contribution >= 0.6 is 23.2 Å². The molecule has 0 aromatic heterocycles. The first-order valence-electron chi connectivity index (χ1n) is 15.4. The monoisotopic (exact) mass is 673 g/mol. The number of halogens is 2. The Morgan fingerprint density at radius 1 is 0.956 bits per heavy atom. The topological polar surface area (TPSA) is 96.0 Å². The van der Waals surface area contributed by atoms with Gasteiger partial charge in [0.15, 0.2) is 0 Å². The lowest BCUT2D eigenvalue weighted by Crippen LogP contribution is -2.54. The third-order valence-corrected chi connectivity index (χ3v) is 10.4. The third-order valence-electron chi connectivity index (χ3n) is 8.02. The maximum Gasteiger partial charge on any atom is 0.264 e. The van der Waals surface area contributed by atoms with Crippen LogP contribution in [0.1, 0.15) is 63.5 Å². The van der Waals surface area contributed by atoms with Crippen molar-refractivity contribution in [1.29, 1.82) is 0 Å². The van der Waals surface area contributed by atoms with E-state index in [1.165, 1.54) is 17.0 Å². The van der Waals surface area contributed by atoms with Crippen molar-refractivity contribution >= 4 is 50.7 Å². The summed E-state index contributed by atoms with van der Waals surface area (Å²) in [6, 6.07) is 17.2. The molecule has 1 aliphatic rings. The molecule has 1 aliphatic carbocycles. The number of carbonyl (C=O) groups excluding carboxylic acids is 2. The molecule has 3 aromatic carbocycles. The molecule has 0 saturated heterocycles. The van der Waals surface area contributed by atoms with Gasteiger partial charge in [-0.25, -0.2) is 8.42 Å². The molecule has 3 aromatic rings. The molecule has 45 heavy (non-hydrogen) atoms. The number of carbonyl (C=O) groups is 2. The Bertz CT molecular complexity index is 1560. The van der Waals surface area contributed by atoms with Gasteiger partial charge in [-0.2, -0.15) is 0 Å². The van der Waals surface area contributed by atoms with E-state index in [2.05, 4.69) is 5.32 Å². The number of nitrogens with zero attached hydrogens (tertiary/aromatic N) is 2. The zero-order chi connectivity index (χ0) is 32.6. The maximum atomic E-state index is 14.4. The van der Waals surface area contributed by atoms with Crippen LogP contribution in [0.4, 0.5) is 5.69 Å². The first-order chi connectivity index (χ1) is 21.5. The highest BCUT2D eigenvalue weighted by Crippen LogP contribution is 2.28. The van der Waals surface area contributed by atoms with E-state index in [0.29, 0.717) is 34.4 Å². The number of amides is 2. The van der Waals surface area contributed by atoms with Gasteiger partial charge in [-0.15, -0.1) is 0 Å². The summed E-state index contributed by atoms with van der Waals surface area (Å²) < 4.78 is 34.9. The molecule has 1 atom stereocenters. The zero-order valence-electron chi connectivity index (χ0n) is 26.0. The molecule has 0 unspecified atom stereocenters. The number of rotatable bonds is 13. The van der Waals surface area contributed by atoms with Gasteiger partial charge in [0.25, 0.3) is 10.0 Å². The number of nitrogens with one attached hydrogen (secondary N) is 1. The van der Waals surface area contributed by atoms with Gasteiger partial charge in [-0.3, -0.25) is 13.9 Å². The molecular weight excluding hydrogens is 633 g/mol. The molecule has 11 heteroatoms. The van der Waals surface area contributed by atoms with Crippen LogP contribution in [0.5, 0.6) is 5.75 Å². The zero-order valence-corrected chi connectivity index (χ0v) is 28.3. The van der Waals surface area contributed by atoms with Crippen molar-refractivity contribution in [1.82, 2.24) is 10.2 Å². The van der Waals surface area contributed by atoms with Crippen LogP contribution in [0.15, 0.2) is 71.6 Å². The molecular formula is C34H41Cl2N3O5S. The normalized spacial score (nSPS) is 14.4. The van der Waals surface area contributed by atoms with Crippen LogP contribution in [0.3, 0.4) is 0 Å². The standard InChI is InChI=1S/C34H41Cl2N3O5S/c1-4-32(34(41)37-27-9-7-6-8-10-27)38(22-25-13-14-26(35)21-31(25)36)33(40)23-39(28-15-17-29(18-16-28)44-5-2)45(42,43)30-19-11-24(3)12-20-30/h11-21,27,32H,4-10,22-23H2,1-3H3,(H,37,41)/t32-/m1/s1. The highest BCUT2D eigenvalue weighted by Gasteiger charge is 2.34. The van der Waals surface area contributed by atoms with Crippen molar-refractivity contribution in [3.8, 4) is 5.75 Å². The fraction of sp³-hybridized carbons (Fsp3) is 0.412. The minimum absolute atomic E-state index is 0.00682. The minimum atomic E-state index is -4.19. The van der Waals surface area contributed by atoms with E-state index in [9.17, 15) is 18.0 Å². The maximum absolute atomic E-state index is 14.4. The molecule has 0 bridgehead atoms. The second-order valence-electron chi connectivity index (χ2n) is 11.3. The Morgan fingerprint density at radius 3 is 2.22 bits per heavy atom. The number of benzene rings is 3. The van der Waals surface area contributed by atoms with Gasteiger partial charge in [0.2, 0.25) is 11.8 Å². The van der Waals surface area contributed by atoms with Crippen molar-refractivity contribution in [2.75, 3.05) is 17.5 Å². The van der Waals surface area contributed by atoms with Gasteiger partial charge in [0.1, 0.15) is 18.3 Å². The number of anilines is 1. The number of aryl methyl sites for hydroxylation is 1. The van der Waals surface area contributed by atoms with E-state index in [1.807, 2.05) is 20.8 Å². The average molecular weight is 675 g/mol. The lowest BCUT2D eigenvalue weighted by atomic mass is 9.95. The molecule has 1 N–H and O–H groups in total. The molecule has 4 rings (SSSR count). The van der Waals surface area contributed by atoms with E-state index < -0.39 is 28.5 Å². The Kier molecular flexibility index (Phi) is 12.2. The highest BCUT2D eigenvalue weighted by atomic mass is 35.5. The number of hydrogen-bond donors (Lipinski definition) is 1. The summed E-state index contributed by atoms with van der Waals surface area (Å²) >= 11 is 12.7. The molecule has 0 heterocycles. The SMILES string of the molecule is CCOc1ccc(N(CC(=O)N(Cc2ccc(Cl)cc2Cl)[C@H](CC)C(=O)NC2CCCCC2)S(=O)(=O)c2ccc(C)cc2)cc1. The van der Waals surface area contributed by atoms with Gasteiger partial charge in [-0.05, 0) is 87.2 Å². The fourth-order valence-electron chi connectivity index (χ4n) is 5.54. The van der Waals surface area contributed by atoms with Crippen LogP contribution in [-0.2, 0) is 26.2 Å². The van der Waals surface area contributed by atoms with Crippen molar-refractivity contribution in [2.45, 2.75) is 82.8 Å². The van der Waals surface area contributed by atoms with E-state index in [-0.39, 0.29) is 29.1 Å². The second kappa shape index (κ2) is 15.8. The van der Waals surface area contributed by atoms with Crippen LogP contribution < -0.4 is 14.4 Å². The number of hydrogen-bond acceptors (Lipinski definition) is 5. The Hall–Kier alpha value is -3.27. The molecule has 1 saturated carbocycles. The molecule has 8 nitrogen and oxygen atoms in total. The Balaban J connectivity index is 1.73. The highest BCUT2D eigenvalue weighted by molar-refractivity contribution is 7.92. The van der Waals surface area contributed by atoms with Crippen molar-refractivity contribution in [3.63, 3.8) is 0 Å². The first kappa shape index (κ1) is 34.6. The van der Waals surface area contributed by atoms with Crippen LogP contribution in [0.25, 0.3) is 0 Å². The average Bonchev–Trinajstić information content (AvgIpc) is 3.02. The summed E-state index contributed by atoms with van der Waals surface area (Å²) in [7, 11) is -4.19. The predicted octanol–water partition coefficient (Wildman–Crippen LogP) is 7.15. The molecule has 0 spiro atoms. The van der Waals surface area contributed by atoms with Crippen LogP contribution in [0, 0.1) is 6.92 Å². The van der Waals surface area contributed by atoms with Gasteiger partial charge in [0, 0.05) is 22.6 Å². The lowest BCUT2D eigenvalue weighted by Gasteiger charge is -2.34. The molecule has 0 radical (unpaired) electrons. The second-order valence-corrected chi connectivity index (χ2v) is 14.0. The fourth-order valence-corrected chi connectivity index (χ4v) is 7.42. The number of sulfonamides is 1. The summed E-state index contributed by atoms with van der Waals surface area (Å²) in [5, 5.41) is 3.93. The summed E-state index contributed by atoms with van der Waals surface area (Å²) in [6.07, 6.45) is 5.32. The minimum Gasteiger partial charge on any atom is -0.494 e. The molecule has 2 amide bonds. The smallest absolute Gasteiger partial charge is 0.264 e. The quantitative estimate of drug-likeness (QED) is 0.208. The van der Waals surface area contributed by atoms with E-state index in [4.69, 9.17) is 27.9 Å². The van der Waals surface area contributed by atoms with Gasteiger partial charge >= 0.3 is 0 Å².